The molecule has 0 aliphatic carbocycles. The molecule has 0 bridgehead atoms. The smallest absolute Gasteiger partial charge is 0.258 e. The normalized spacial score (nSPS) is 16.3. The third-order valence-corrected chi connectivity index (χ3v) is 5.32. The fourth-order valence-corrected chi connectivity index (χ4v) is 3.13. The highest BCUT2D eigenvalue weighted by Gasteiger charge is 2.24. The van der Waals surface area contributed by atoms with E-state index in [0.29, 0.717) is 17.9 Å². The number of hydrogen-bond donors (Lipinski definition) is 1. The molecule has 6 heteroatoms. The van der Waals surface area contributed by atoms with Crippen molar-refractivity contribution in [3.05, 3.63) is 58.1 Å². The van der Waals surface area contributed by atoms with Crippen LogP contribution in [0.25, 0.3) is 0 Å². The van der Waals surface area contributed by atoms with Gasteiger partial charge in [0.2, 0.25) is 0 Å². The van der Waals surface area contributed by atoms with Crippen molar-refractivity contribution in [2.75, 3.05) is 23.9 Å². The number of aryl methyl sites for hydroxylation is 1. The van der Waals surface area contributed by atoms with Crippen molar-refractivity contribution in [3.63, 3.8) is 0 Å². The van der Waals surface area contributed by atoms with Gasteiger partial charge in [0.05, 0.1) is 0 Å². The Balaban J connectivity index is 1.74. The maximum atomic E-state index is 12.8. The molecule has 1 saturated heterocycles. The van der Waals surface area contributed by atoms with Crippen molar-refractivity contribution in [2.24, 2.45) is 0 Å². The number of carbonyl (C=O) groups is 2. The van der Waals surface area contributed by atoms with Crippen molar-refractivity contribution < 1.29 is 14.3 Å². The zero-order valence-electron chi connectivity index (χ0n) is 14.8. The predicted octanol–water partition coefficient (Wildman–Crippen LogP) is 4.15. The Labute approximate surface area is 161 Å². The Bertz CT molecular complexity index is 832. The monoisotopic (exact) mass is 416 g/mol. The van der Waals surface area contributed by atoms with Gasteiger partial charge in [0, 0.05) is 35.1 Å². The number of amides is 2. The summed E-state index contributed by atoms with van der Waals surface area (Å²) in [5.74, 6) is -0.302. The quantitative estimate of drug-likeness (QED) is 0.813. The first-order valence-corrected chi connectivity index (χ1v) is 9.32. The molecular weight excluding hydrogens is 396 g/mol. The average Bonchev–Trinajstić information content (AvgIpc) is 3.18. The summed E-state index contributed by atoms with van der Waals surface area (Å²) < 4.78 is 6.39. The van der Waals surface area contributed by atoms with Crippen LogP contribution in [-0.4, -0.2) is 31.6 Å². The van der Waals surface area contributed by atoms with Crippen molar-refractivity contribution in [3.8, 4) is 0 Å². The number of nitrogens with one attached hydrogen (secondary N) is 1. The molecule has 1 heterocycles. The van der Waals surface area contributed by atoms with Crippen molar-refractivity contribution in [2.45, 2.75) is 25.9 Å². The molecule has 2 aromatic rings. The maximum Gasteiger partial charge on any atom is 0.258 e. The molecule has 0 radical (unpaired) electrons. The summed E-state index contributed by atoms with van der Waals surface area (Å²) in [6.45, 7) is 2.60. The third-order valence-electron chi connectivity index (χ3n) is 4.43. The van der Waals surface area contributed by atoms with E-state index in [-0.39, 0.29) is 11.8 Å². The van der Waals surface area contributed by atoms with Gasteiger partial charge in [0.25, 0.3) is 11.8 Å². The molecule has 0 spiro atoms. The first-order valence-electron chi connectivity index (χ1n) is 8.52. The molecule has 1 unspecified atom stereocenters. The molecular formula is C20H21BrN2O3. The van der Waals surface area contributed by atoms with Crippen LogP contribution in [0.1, 0.15) is 28.8 Å². The lowest BCUT2D eigenvalue weighted by Gasteiger charge is -2.19. The highest BCUT2D eigenvalue weighted by atomic mass is 79.9. The molecule has 1 atom stereocenters. The highest BCUT2D eigenvalue weighted by molar-refractivity contribution is 9.10. The van der Waals surface area contributed by atoms with Crippen LogP contribution in [0.4, 0.5) is 11.4 Å². The average molecular weight is 417 g/mol. The second-order valence-electron chi connectivity index (χ2n) is 6.37. The standard InChI is InChI=1S/C20H21BrN2O3/c1-13-11-16(8-9-17(13)21)23(2)20(25)14-5-3-6-15(12-14)22-19(24)18-7-4-10-26-18/h3,5-6,8-9,11-12,18H,4,7,10H2,1-2H3,(H,22,24). The van der Waals surface area contributed by atoms with E-state index in [9.17, 15) is 9.59 Å². The highest BCUT2D eigenvalue weighted by Crippen LogP contribution is 2.24. The zero-order chi connectivity index (χ0) is 18.7. The summed E-state index contributed by atoms with van der Waals surface area (Å²) in [6, 6.07) is 12.7. The molecule has 2 aromatic carbocycles. The fraction of sp³-hybridized carbons (Fsp3) is 0.300. The lowest BCUT2D eigenvalue weighted by atomic mass is 10.1. The van der Waals surface area contributed by atoms with E-state index in [1.807, 2.05) is 25.1 Å². The molecule has 0 saturated carbocycles. The number of nitrogens with zero attached hydrogens (tertiary/aromatic N) is 1. The number of anilines is 2. The molecule has 26 heavy (non-hydrogen) atoms. The van der Waals surface area contributed by atoms with Crippen molar-refractivity contribution >= 4 is 39.1 Å². The lowest BCUT2D eigenvalue weighted by molar-refractivity contribution is -0.124. The lowest BCUT2D eigenvalue weighted by Crippen LogP contribution is -2.28. The summed E-state index contributed by atoms with van der Waals surface area (Å²) >= 11 is 3.47. The molecule has 1 fully saturated rings. The minimum absolute atomic E-state index is 0.139. The van der Waals surface area contributed by atoms with E-state index in [1.165, 1.54) is 0 Å². The predicted molar refractivity (Wildman–Crippen MR) is 106 cm³/mol. The van der Waals surface area contributed by atoms with Gasteiger partial charge < -0.3 is 15.0 Å². The Morgan fingerprint density at radius 3 is 2.73 bits per heavy atom. The summed E-state index contributed by atoms with van der Waals surface area (Å²) in [7, 11) is 1.74. The van der Waals surface area contributed by atoms with Crippen LogP contribution in [0.15, 0.2) is 46.9 Å². The summed E-state index contributed by atoms with van der Waals surface area (Å²) in [4.78, 5) is 26.6. The molecule has 0 aromatic heterocycles. The fourth-order valence-electron chi connectivity index (χ4n) is 2.89. The van der Waals surface area contributed by atoms with Gasteiger partial charge in [-0.2, -0.15) is 0 Å². The minimum Gasteiger partial charge on any atom is -0.368 e. The van der Waals surface area contributed by atoms with Gasteiger partial charge in [-0.1, -0.05) is 22.0 Å². The number of halogens is 1. The van der Waals surface area contributed by atoms with Crippen LogP contribution in [0.2, 0.25) is 0 Å². The van der Waals surface area contributed by atoms with E-state index in [1.54, 1.807) is 36.2 Å². The van der Waals surface area contributed by atoms with E-state index in [2.05, 4.69) is 21.2 Å². The summed E-state index contributed by atoms with van der Waals surface area (Å²) in [5.41, 5.74) is 2.97. The van der Waals surface area contributed by atoms with Crippen LogP contribution in [0.5, 0.6) is 0 Å². The molecule has 1 aliphatic heterocycles. The Kier molecular flexibility index (Phi) is 5.74. The van der Waals surface area contributed by atoms with Gasteiger partial charge in [0.15, 0.2) is 0 Å². The van der Waals surface area contributed by atoms with E-state index >= 15 is 0 Å². The molecule has 136 valence electrons. The molecule has 5 nitrogen and oxygen atoms in total. The topological polar surface area (TPSA) is 58.6 Å². The summed E-state index contributed by atoms with van der Waals surface area (Å²) in [6.07, 6.45) is 1.23. The SMILES string of the molecule is Cc1cc(N(C)C(=O)c2cccc(NC(=O)C3CCCO3)c2)ccc1Br. The number of carbonyl (C=O) groups excluding carboxylic acids is 2. The summed E-state index contributed by atoms with van der Waals surface area (Å²) in [5, 5.41) is 2.83. The van der Waals surface area contributed by atoms with Crippen molar-refractivity contribution in [1.82, 2.24) is 0 Å². The van der Waals surface area contributed by atoms with E-state index < -0.39 is 6.10 Å². The molecule has 1 N–H and O–H groups in total. The second-order valence-corrected chi connectivity index (χ2v) is 7.22. The molecule has 1 aliphatic rings. The first-order chi connectivity index (χ1) is 12.5. The van der Waals surface area contributed by atoms with E-state index in [4.69, 9.17) is 4.74 Å². The van der Waals surface area contributed by atoms with E-state index in [0.717, 1.165) is 28.6 Å². The maximum absolute atomic E-state index is 12.8. The third kappa shape index (κ3) is 4.14. The number of benzene rings is 2. The van der Waals surface area contributed by atoms with Gasteiger partial charge in [-0.05, 0) is 61.7 Å². The number of hydrogen-bond acceptors (Lipinski definition) is 3. The minimum atomic E-state index is -0.400. The largest absolute Gasteiger partial charge is 0.368 e. The number of rotatable bonds is 4. The molecule has 3 rings (SSSR count). The van der Waals surface area contributed by atoms with Crippen LogP contribution in [-0.2, 0) is 9.53 Å². The van der Waals surface area contributed by atoms with Gasteiger partial charge in [-0.3, -0.25) is 9.59 Å². The Morgan fingerprint density at radius 1 is 1.23 bits per heavy atom. The van der Waals surface area contributed by atoms with Gasteiger partial charge in [-0.15, -0.1) is 0 Å². The number of ether oxygens (including phenoxy) is 1. The van der Waals surface area contributed by atoms with Gasteiger partial charge >= 0.3 is 0 Å². The van der Waals surface area contributed by atoms with Gasteiger partial charge in [0.1, 0.15) is 6.10 Å². The van der Waals surface area contributed by atoms with Crippen LogP contribution in [0.3, 0.4) is 0 Å². The Hall–Kier alpha value is -2.18. The van der Waals surface area contributed by atoms with Crippen molar-refractivity contribution in [1.29, 1.82) is 0 Å². The Morgan fingerprint density at radius 2 is 2.04 bits per heavy atom. The first kappa shape index (κ1) is 18.6. The van der Waals surface area contributed by atoms with Gasteiger partial charge in [-0.25, -0.2) is 0 Å². The van der Waals surface area contributed by atoms with Crippen LogP contribution >= 0.6 is 15.9 Å². The van der Waals surface area contributed by atoms with Crippen LogP contribution < -0.4 is 10.2 Å². The molecule has 2 amide bonds. The zero-order valence-corrected chi connectivity index (χ0v) is 16.4. The van der Waals surface area contributed by atoms with Crippen LogP contribution in [0, 0.1) is 6.92 Å². The second kappa shape index (κ2) is 8.01.